The maximum absolute atomic E-state index is 13.6. The number of pyridine rings is 1. The third-order valence-corrected chi connectivity index (χ3v) is 3.94. The molecular formula is C18H18FN3O3. The molecule has 1 atom stereocenters. The molecule has 3 rings (SSSR count). The number of benzene rings is 1. The highest BCUT2D eigenvalue weighted by Gasteiger charge is 2.34. The topological polar surface area (TPSA) is 80.3 Å². The Balaban J connectivity index is 1.71. The van der Waals surface area contributed by atoms with Crippen molar-refractivity contribution in [3.8, 4) is 5.88 Å². The summed E-state index contributed by atoms with van der Waals surface area (Å²) in [5, 5.41) is 5.64. The summed E-state index contributed by atoms with van der Waals surface area (Å²) in [6, 6.07) is 9.55. The van der Waals surface area contributed by atoms with Crippen LogP contribution in [-0.2, 0) is 11.3 Å². The summed E-state index contributed by atoms with van der Waals surface area (Å²) < 4.78 is 18.9. The average molecular weight is 343 g/mol. The van der Waals surface area contributed by atoms with E-state index >= 15 is 0 Å². The minimum absolute atomic E-state index is 0.0224. The second-order valence-corrected chi connectivity index (χ2v) is 5.59. The first kappa shape index (κ1) is 16.9. The summed E-state index contributed by atoms with van der Waals surface area (Å²) in [5.41, 5.74) is 1.12. The summed E-state index contributed by atoms with van der Waals surface area (Å²) in [5.74, 6) is -1.81. The number of nitrogens with zero attached hydrogens (tertiary/aromatic N) is 1. The van der Waals surface area contributed by atoms with Crippen molar-refractivity contribution in [2.45, 2.75) is 13.5 Å². The maximum Gasteiger partial charge on any atom is 0.233 e. The van der Waals surface area contributed by atoms with Gasteiger partial charge in [-0.25, -0.2) is 9.37 Å². The highest BCUT2D eigenvalue weighted by atomic mass is 19.1. The third kappa shape index (κ3) is 3.60. The van der Waals surface area contributed by atoms with Crippen molar-refractivity contribution in [1.82, 2.24) is 10.3 Å². The molecule has 7 heteroatoms. The first-order chi connectivity index (χ1) is 12.1. The van der Waals surface area contributed by atoms with E-state index in [1.54, 1.807) is 30.3 Å². The van der Waals surface area contributed by atoms with E-state index in [-0.39, 0.29) is 24.6 Å². The molecule has 1 amide bonds. The fraction of sp³-hybridized carbons (Fsp3) is 0.278. The van der Waals surface area contributed by atoms with Crippen molar-refractivity contribution in [3.05, 3.63) is 53.5 Å². The number of hydrogen-bond donors (Lipinski definition) is 2. The van der Waals surface area contributed by atoms with E-state index in [1.807, 2.05) is 6.92 Å². The first-order valence-electron chi connectivity index (χ1n) is 8.03. The predicted molar refractivity (Wildman–Crippen MR) is 90.0 cm³/mol. The largest absolute Gasteiger partial charge is 0.478 e. The number of rotatable bonds is 5. The second-order valence-electron chi connectivity index (χ2n) is 5.59. The van der Waals surface area contributed by atoms with Gasteiger partial charge in [0.05, 0.1) is 12.3 Å². The molecule has 1 aliphatic heterocycles. The van der Waals surface area contributed by atoms with E-state index in [1.165, 1.54) is 6.07 Å². The van der Waals surface area contributed by atoms with Gasteiger partial charge in [-0.15, -0.1) is 0 Å². The standard InChI is InChI=1S/C18H18FN3O3/c1-2-25-15-8-7-14-16(22-15)17(23)12(10-20-14)18(24)21-9-11-5-3-4-6-13(11)19/h3-8,12,20H,2,9-10H2,1H3,(H,21,24). The van der Waals surface area contributed by atoms with Crippen LogP contribution in [0, 0.1) is 11.7 Å². The molecule has 2 aromatic rings. The van der Waals surface area contributed by atoms with E-state index in [2.05, 4.69) is 15.6 Å². The Labute approximate surface area is 144 Å². The quantitative estimate of drug-likeness (QED) is 0.813. The Morgan fingerprint density at radius 3 is 2.92 bits per heavy atom. The number of amides is 1. The van der Waals surface area contributed by atoms with Crippen molar-refractivity contribution in [2.24, 2.45) is 5.92 Å². The number of Topliss-reactive ketones (excluding diaryl/α,β-unsaturated/α-hetero) is 1. The number of ether oxygens (including phenoxy) is 1. The number of nitrogens with one attached hydrogen (secondary N) is 2. The second kappa shape index (κ2) is 7.29. The van der Waals surface area contributed by atoms with E-state index in [4.69, 9.17) is 4.74 Å². The van der Waals surface area contributed by atoms with Crippen LogP contribution in [0.3, 0.4) is 0 Å². The Kier molecular flexibility index (Phi) is 4.92. The maximum atomic E-state index is 13.6. The lowest BCUT2D eigenvalue weighted by molar-refractivity contribution is -0.123. The molecule has 0 fully saturated rings. The number of halogens is 1. The van der Waals surface area contributed by atoms with Crippen LogP contribution < -0.4 is 15.4 Å². The Morgan fingerprint density at radius 1 is 1.36 bits per heavy atom. The Bertz CT molecular complexity index is 810. The number of hydrogen-bond acceptors (Lipinski definition) is 5. The summed E-state index contributed by atoms with van der Waals surface area (Å²) in [6.07, 6.45) is 0. The van der Waals surface area contributed by atoms with Gasteiger partial charge in [0.2, 0.25) is 11.8 Å². The fourth-order valence-electron chi connectivity index (χ4n) is 2.63. The van der Waals surface area contributed by atoms with E-state index in [0.717, 1.165) is 0 Å². The zero-order chi connectivity index (χ0) is 17.8. The van der Waals surface area contributed by atoms with Crippen molar-refractivity contribution >= 4 is 17.4 Å². The van der Waals surface area contributed by atoms with Crippen LogP contribution in [0.1, 0.15) is 23.0 Å². The Hall–Kier alpha value is -2.96. The number of carbonyl (C=O) groups excluding carboxylic acids is 2. The molecule has 6 nitrogen and oxygen atoms in total. The lowest BCUT2D eigenvalue weighted by atomic mass is 9.95. The number of fused-ring (bicyclic) bond motifs is 1. The van der Waals surface area contributed by atoms with E-state index < -0.39 is 17.6 Å². The predicted octanol–water partition coefficient (Wildman–Crippen LogP) is 2.16. The van der Waals surface area contributed by atoms with Crippen molar-refractivity contribution in [1.29, 1.82) is 0 Å². The van der Waals surface area contributed by atoms with Crippen LogP contribution in [0.4, 0.5) is 10.1 Å². The molecule has 2 N–H and O–H groups in total. The molecule has 1 aromatic heterocycles. The molecular weight excluding hydrogens is 325 g/mol. The van der Waals surface area contributed by atoms with E-state index in [9.17, 15) is 14.0 Å². The number of carbonyl (C=O) groups is 2. The number of ketones is 1. The molecule has 0 spiro atoms. The van der Waals surface area contributed by atoms with Crippen LogP contribution in [0.15, 0.2) is 36.4 Å². The normalized spacial score (nSPS) is 15.9. The fourth-order valence-corrected chi connectivity index (χ4v) is 2.63. The van der Waals surface area contributed by atoms with E-state index in [0.29, 0.717) is 23.7 Å². The Morgan fingerprint density at radius 2 is 2.16 bits per heavy atom. The molecule has 2 heterocycles. The summed E-state index contributed by atoms with van der Waals surface area (Å²) in [6.45, 7) is 2.44. The molecule has 0 aliphatic carbocycles. The zero-order valence-electron chi connectivity index (χ0n) is 13.7. The van der Waals surface area contributed by atoms with Gasteiger partial charge in [-0.2, -0.15) is 0 Å². The highest BCUT2D eigenvalue weighted by molar-refractivity contribution is 6.13. The average Bonchev–Trinajstić information content (AvgIpc) is 2.62. The minimum Gasteiger partial charge on any atom is -0.478 e. The third-order valence-electron chi connectivity index (χ3n) is 3.94. The first-order valence-corrected chi connectivity index (χ1v) is 8.03. The highest BCUT2D eigenvalue weighted by Crippen LogP contribution is 2.25. The minimum atomic E-state index is -0.913. The molecule has 0 bridgehead atoms. The van der Waals surface area contributed by atoms with Gasteiger partial charge in [0, 0.05) is 24.7 Å². The van der Waals surface area contributed by atoms with Crippen LogP contribution >= 0.6 is 0 Å². The molecule has 0 radical (unpaired) electrons. The van der Waals surface area contributed by atoms with Gasteiger partial charge in [-0.05, 0) is 19.1 Å². The van der Waals surface area contributed by atoms with Gasteiger partial charge in [-0.3, -0.25) is 9.59 Å². The van der Waals surface area contributed by atoms with Gasteiger partial charge < -0.3 is 15.4 Å². The van der Waals surface area contributed by atoms with Crippen LogP contribution in [0.5, 0.6) is 5.88 Å². The zero-order valence-corrected chi connectivity index (χ0v) is 13.7. The lowest BCUT2D eigenvalue weighted by Crippen LogP contribution is -2.42. The molecule has 1 unspecified atom stereocenters. The van der Waals surface area contributed by atoms with Crippen molar-refractivity contribution in [2.75, 3.05) is 18.5 Å². The van der Waals surface area contributed by atoms with Gasteiger partial charge in [0.25, 0.3) is 0 Å². The van der Waals surface area contributed by atoms with Gasteiger partial charge in [-0.1, -0.05) is 18.2 Å². The monoisotopic (exact) mass is 343 g/mol. The summed E-state index contributed by atoms with van der Waals surface area (Å²) >= 11 is 0. The smallest absolute Gasteiger partial charge is 0.233 e. The van der Waals surface area contributed by atoms with Crippen molar-refractivity contribution < 1.29 is 18.7 Å². The van der Waals surface area contributed by atoms with Crippen LogP contribution in [0.25, 0.3) is 0 Å². The summed E-state index contributed by atoms with van der Waals surface area (Å²) in [4.78, 5) is 29.1. The molecule has 130 valence electrons. The van der Waals surface area contributed by atoms with Gasteiger partial charge in [0.15, 0.2) is 5.78 Å². The summed E-state index contributed by atoms with van der Waals surface area (Å²) in [7, 11) is 0. The molecule has 25 heavy (non-hydrogen) atoms. The molecule has 0 saturated heterocycles. The molecule has 1 aromatic carbocycles. The lowest BCUT2D eigenvalue weighted by Gasteiger charge is -2.23. The number of aromatic nitrogens is 1. The molecule has 1 aliphatic rings. The van der Waals surface area contributed by atoms with Gasteiger partial charge >= 0.3 is 0 Å². The van der Waals surface area contributed by atoms with Crippen LogP contribution in [0.2, 0.25) is 0 Å². The van der Waals surface area contributed by atoms with Crippen molar-refractivity contribution in [3.63, 3.8) is 0 Å². The SMILES string of the molecule is CCOc1ccc2c(n1)C(=O)C(C(=O)NCc1ccccc1F)CN2. The molecule has 0 saturated carbocycles. The van der Waals surface area contributed by atoms with Crippen LogP contribution in [-0.4, -0.2) is 29.8 Å². The number of anilines is 1. The van der Waals surface area contributed by atoms with Gasteiger partial charge in [0.1, 0.15) is 17.4 Å².